The Bertz CT molecular complexity index is 308. The van der Waals surface area contributed by atoms with Crippen molar-refractivity contribution in [2.75, 3.05) is 11.9 Å². The first-order valence-electron chi connectivity index (χ1n) is 5.56. The Morgan fingerprint density at radius 2 is 1.73 bits per heavy atom. The summed E-state index contributed by atoms with van der Waals surface area (Å²) in [5.41, 5.74) is 3.72. The minimum Gasteiger partial charge on any atom is -0.491 e. The maximum absolute atomic E-state index is 5.68. The Kier molecular flexibility index (Phi) is 4.01. The highest BCUT2D eigenvalue weighted by molar-refractivity contribution is 5.59. The zero-order chi connectivity index (χ0) is 11.4. The Labute approximate surface area is 92.6 Å². The fourth-order valence-electron chi connectivity index (χ4n) is 1.72. The second-order valence-corrected chi connectivity index (χ2v) is 4.13. The van der Waals surface area contributed by atoms with E-state index in [1.165, 1.54) is 16.8 Å². The van der Waals surface area contributed by atoms with Crippen molar-refractivity contribution in [3.8, 4) is 5.75 Å². The molecule has 0 aliphatic carbocycles. The molecule has 1 rings (SSSR count). The van der Waals surface area contributed by atoms with E-state index in [2.05, 4.69) is 38.2 Å². The highest BCUT2D eigenvalue weighted by atomic mass is 16.5. The van der Waals surface area contributed by atoms with Crippen molar-refractivity contribution in [2.24, 2.45) is 0 Å². The summed E-state index contributed by atoms with van der Waals surface area (Å²) >= 11 is 0. The van der Waals surface area contributed by atoms with Gasteiger partial charge in [0.25, 0.3) is 0 Å². The van der Waals surface area contributed by atoms with Crippen LogP contribution in [0.2, 0.25) is 0 Å². The van der Waals surface area contributed by atoms with Crippen LogP contribution in [-0.4, -0.2) is 12.6 Å². The van der Waals surface area contributed by atoms with Crippen LogP contribution in [0.25, 0.3) is 0 Å². The number of benzene rings is 1. The molecule has 15 heavy (non-hydrogen) atoms. The lowest BCUT2D eigenvalue weighted by atomic mass is 10.1. The van der Waals surface area contributed by atoms with Gasteiger partial charge in [-0.1, -0.05) is 0 Å². The van der Waals surface area contributed by atoms with Crippen LogP contribution in [-0.2, 0) is 0 Å². The predicted octanol–water partition coefficient (Wildman–Crippen LogP) is 3.52. The lowest BCUT2D eigenvalue weighted by Crippen LogP contribution is -2.07. The molecule has 84 valence electrons. The molecule has 0 heterocycles. The summed E-state index contributed by atoms with van der Waals surface area (Å²) in [5.74, 6) is 0.960. The van der Waals surface area contributed by atoms with Crippen LogP contribution in [0.4, 0.5) is 5.69 Å². The molecular weight excluding hydrogens is 186 g/mol. The van der Waals surface area contributed by atoms with E-state index in [4.69, 9.17) is 4.74 Å². The lowest BCUT2D eigenvalue weighted by molar-refractivity contribution is 0.242. The molecule has 1 aromatic carbocycles. The maximum atomic E-state index is 5.68. The predicted molar refractivity (Wildman–Crippen MR) is 65.8 cm³/mol. The molecule has 1 N–H and O–H groups in total. The average Bonchev–Trinajstić information content (AvgIpc) is 2.10. The van der Waals surface area contributed by atoms with Crippen LogP contribution in [0, 0.1) is 13.8 Å². The Hall–Kier alpha value is -1.18. The molecule has 2 nitrogen and oxygen atoms in total. The SMILES string of the molecule is CCNc1c(C)cc(OC(C)C)cc1C. The summed E-state index contributed by atoms with van der Waals surface area (Å²) in [7, 11) is 0. The number of hydrogen-bond donors (Lipinski definition) is 1. The van der Waals surface area contributed by atoms with Gasteiger partial charge in [-0.25, -0.2) is 0 Å². The lowest BCUT2D eigenvalue weighted by Gasteiger charge is -2.15. The molecule has 0 aliphatic heterocycles. The van der Waals surface area contributed by atoms with Crippen molar-refractivity contribution in [3.05, 3.63) is 23.3 Å². The van der Waals surface area contributed by atoms with Gasteiger partial charge in [-0.15, -0.1) is 0 Å². The Balaban J connectivity index is 2.97. The number of hydrogen-bond acceptors (Lipinski definition) is 2. The van der Waals surface area contributed by atoms with E-state index in [-0.39, 0.29) is 6.10 Å². The second-order valence-electron chi connectivity index (χ2n) is 4.13. The molecule has 0 aromatic heterocycles. The van der Waals surface area contributed by atoms with E-state index in [1.54, 1.807) is 0 Å². The standard InChI is InChI=1S/C13H21NO/c1-6-14-13-10(4)7-12(8-11(13)5)15-9(2)3/h7-9,14H,6H2,1-5H3. The summed E-state index contributed by atoms with van der Waals surface area (Å²) in [6.07, 6.45) is 0.230. The highest BCUT2D eigenvalue weighted by Gasteiger charge is 2.05. The Morgan fingerprint density at radius 3 is 2.13 bits per heavy atom. The van der Waals surface area contributed by atoms with E-state index in [0.717, 1.165) is 12.3 Å². The first-order valence-corrected chi connectivity index (χ1v) is 5.56. The molecule has 0 saturated heterocycles. The monoisotopic (exact) mass is 207 g/mol. The molecule has 2 heteroatoms. The minimum atomic E-state index is 0.230. The molecule has 0 bridgehead atoms. The minimum absolute atomic E-state index is 0.230. The van der Waals surface area contributed by atoms with Crippen molar-refractivity contribution in [2.45, 2.75) is 40.7 Å². The topological polar surface area (TPSA) is 21.3 Å². The summed E-state index contributed by atoms with van der Waals surface area (Å²) in [5, 5.41) is 3.37. The van der Waals surface area contributed by atoms with Crippen molar-refractivity contribution in [1.29, 1.82) is 0 Å². The molecule has 0 saturated carbocycles. The van der Waals surface area contributed by atoms with E-state index in [9.17, 15) is 0 Å². The third-order valence-corrected chi connectivity index (χ3v) is 2.23. The van der Waals surface area contributed by atoms with Gasteiger partial charge in [0, 0.05) is 12.2 Å². The van der Waals surface area contributed by atoms with E-state index in [1.807, 2.05) is 13.8 Å². The van der Waals surface area contributed by atoms with Gasteiger partial charge in [0.05, 0.1) is 6.10 Å². The van der Waals surface area contributed by atoms with Crippen molar-refractivity contribution in [1.82, 2.24) is 0 Å². The maximum Gasteiger partial charge on any atom is 0.120 e. The first kappa shape index (κ1) is 11.9. The number of anilines is 1. The van der Waals surface area contributed by atoms with Gasteiger partial charge in [0.2, 0.25) is 0 Å². The van der Waals surface area contributed by atoms with Gasteiger partial charge in [0.15, 0.2) is 0 Å². The summed E-state index contributed by atoms with van der Waals surface area (Å²) in [6.45, 7) is 11.4. The van der Waals surface area contributed by atoms with Gasteiger partial charge >= 0.3 is 0 Å². The van der Waals surface area contributed by atoms with Gasteiger partial charge < -0.3 is 10.1 Å². The molecule has 0 unspecified atom stereocenters. The van der Waals surface area contributed by atoms with Crippen molar-refractivity contribution >= 4 is 5.69 Å². The smallest absolute Gasteiger partial charge is 0.120 e. The third kappa shape index (κ3) is 3.15. The normalized spacial score (nSPS) is 10.5. The second kappa shape index (κ2) is 5.06. The molecule has 0 aliphatic rings. The summed E-state index contributed by atoms with van der Waals surface area (Å²) < 4.78 is 5.68. The van der Waals surface area contributed by atoms with Crippen LogP contribution < -0.4 is 10.1 Å². The number of rotatable bonds is 4. The van der Waals surface area contributed by atoms with Gasteiger partial charge in [-0.05, 0) is 57.9 Å². The van der Waals surface area contributed by atoms with Gasteiger partial charge in [-0.3, -0.25) is 0 Å². The molecule has 0 fully saturated rings. The van der Waals surface area contributed by atoms with Gasteiger partial charge in [-0.2, -0.15) is 0 Å². The molecule has 0 atom stereocenters. The fraction of sp³-hybridized carbons (Fsp3) is 0.538. The van der Waals surface area contributed by atoms with Crippen LogP contribution in [0.1, 0.15) is 31.9 Å². The largest absolute Gasteiger partial charge is 0.491 e. The van der Waals surface area contributed by atoms with E-state index >= 15 is 0 Å². The molecular formula is C13H21NO. The zero-order valence-electron chi connectivity index (χ0n) is 10.3. The number of aryl methyl sites for hydroxylation is 2. The first-order chi connectivity index (χ1) is 7.04. The highest BCUT2D eigenvalue weighted by Crippen LogP contribution is 2.26. The van der Waals surface area contributed by atoms with Crippen molar-refractivity contribution in [3.63, 3.8) is 0 Å². The summed E-state index contributed by atoms with van der Waals surface area (Å²) in [6, 6.07) is 4.18. The third-order valence-electron chi connectivity index (χ3n) is 2.23. The van der Waals surface area contributed by atoms with Crippen LogP contribution in [0.15, 0.2) is 12.1 Å². The molecule has 0 radical (unpaired) electrons. The average molecular weight is 207 g/mol. The Morgan fingerprint density at radius 1 is 1.20 bits per heavy atom. The summed E-state index contributed by atoms with van der Waals surface area (Å²) in [4.78, 5) is 0. The quantitative estimate of drug-likeness (QED) is 0.815. The van der Waals surface area contributed by atoms with E-state index < -0.39 is 0 Å². The fourth-order valence-corrected chi connectivity index (χ4v) is 1.72. The van der Waals surface area contributed by atoms with Crippen LogP contribution in [0.3, 0.4) is 0 Å². The number of ether oxygens (including phenoxy) is 1. The van der Waals surface area contributed by atoms with Crippen LogP contribution in [0.5, 0.6) is 5.75 Å². The molecule has 0 amide bonds. The zero-order valence-corrected chi connectivity index (χ0v) is 10.3. The van der Waals surface area contributed by atoms with E-state index in [0.29, 0.717) is 0 Å². The number of nitrogens with one attached hydrogen (secondary N) is 1. The molecule has 1 aromatic rings. The van der Waals surface area contributed by atoms with Crippen LogP contribution >= 0.6 is 0 Å². The van der Waals surface area contributed by atoms with Crippen molar-refractivity contribution < 1.29 is 4.74 Å². The van der Waals surface area contributed by atoms with Gasteiger partial charge in [0.1, 0.15) is 5.75 Å². The molecule has 0 spiro atoms.